The van der Waals surface area contributed by atoms with E-state index in [1.54, 1.807) is 20.5 Å². The van der Waals surface area contributed by atoms with Crippen LogP contribution in [0, 0.1) is 0 Å². The number of ether oxygens (including phenoxy) is 2. The van der Waals surface area contributed by atoms with Gasteiger partial charge in [0.2, 0.25) is 5.91 Å². The molecular formula is C20H19N3O3. The summed E-state index contributed by atoms with van der Waals surface area (Å²) in [6.45, 7) is 0. The van der Waals surface area contributed by atoms with Crippen LogP contribution in [0.15, 0.2) is 54.9 Å². The first-order valence-electron chi connectivity index (χ1n) is 8.35. The molecule has 1 amide bonds. The van der Waals surface area contributed by atoms with Gasteiger partial charge in [0.25, 0.3) is 0 Å². The Kier molecular flexibility index (Phi) is 4.08. The molecule has 0 saturated heterocycles. The normalized spacial score (nSPS) is 15.9. The zero-order chi connectivity index (χ0) is 18.1. The Balaban J connectivity index is 1.79. The van der Waals surface area contributed by atoms with E-state index in [2.05, 4.69) is 10.3 Å². The summed E-state index contributed by atoms with van der Waals surface area (Å²) >= 11 is 0. The van der Waals surface area contributed by atoms with Crippen molar-refractivity contribution in [2.45, 2.75) is 12.3 Å². The van der Waals surface area contributed by atoms with Crippen LogP contribution in [0.2, 0.25) is 0 Å². The van der Waals surface area contributed by atoms with E-state index in [9.17, 15) is 4.79 Å². The summed E-state index contributed by atoms with van der Waals surface area (Å²) < 4.78 is 12.5. The average molecular weight is 349 g/mol. The van der Waals surface area contributed by atoms with Crippen LogP contribution in [0.4, 0.5) is 5.82 Å². The van der Waals surface area contributed by atoms with Crippen molar-refractivity contribution in [3.63, 3.8) is 0 Å². The Labute approximate surface area is 151 Å². The fraction of sp³-hybridized carbons (Fsp3) is 0.200. The lowest BCUT2D eigenvalue weighted by molar-refractivity contribution is -0.116. The summed E-state index contributed by atoms with van der Waals surface area (Å²) in [7, 11) is 3.26. The Morgan fingerprint density at radius 1 is 1.08 bits per heavy atom. The van der Waals surface area contributed by atoms with Gasteiger partial charge in [0.05, 0.1) is 25.6 Å². The van der Waals surface area contributed by atoms with Crippen LogP contribution >= 0.6 is 0 Å². The summed E-state index contributed by atoms with van der Waals surface area (Å²) in [5.41, 5.74) is 2.74. The van der Waals surface area contributed by atoms with Crippen molar-refractivity contribution < 1.29 is 14.3 Å². The minimum Gasteiger partial charge on any atom is -0.497 e. The van der Waals surface area contributed by atoms with Gasteiger partial charge in [0.15, 0.2) is 0 Å². The molecule has 1 N–H and O–H groups in total. The van der Waals surface area contributed by atoms with Crippen LogP contribution in [-0.4, -0.2) is 29.7 Å². The van der Waals surface area contributed by atoms with Crippen molar-refractivity contribution in [2.24, 2.45) is 0 Å². The zero-order valence-corrected chi connectivity index (χ0v) is 14.6. The van der Waals surface area contributed by atoms with Crippen LogP contribution in [0.3, 0.4) is 0 Å². The number of anilines is 1. The summed E-state index contributed by atoms with van der Waals surface area (Å²) in [6.07, 6.45) is 2.09. The lowest BCUT2D eigenvalue weighted by atomic mass is 9.89. The van der Waals surface area contributed by atoms with Gasteiger partial charge in [0.1, 0.15) is 23.6 Å². The molecule has 0 aliphatic carbocycles. The first-order valence-corrected chi connectivity index (χ1v) is 8.35. The third kappa shape index (κ3) is 2.79. The number of imidazole rings is 1. The van der Waals surface area contributed by atoms with E-state index in [1.165, 1.54) is 0 Å². The van der Waals surface area contributed by atoms with Gasteiger partial charge in [-0.2, -0.15) is 0 Å². The molecule has 132 valence electrons. The van der Waals surface area contributed by atoms with Crippen LogP contribution in [0.5, 0.6) is 11.5 Å². The quantitative estimate of drug-likeness (QED) is 0.784. The van der Waals surface area contributed by atoms with Crippen molar-refractivity contribution in [3.8, 4) is 17.2 Å². The van der Waals surface area contributed by atoms with Gasteiger partial charge < -0.3 is 14.8 Å². The minimum atomic E-state index is -0.110. The first kappa shape index (κ1) is 16.2. The number of hydrogen-bond acceptors (Lipinski definition) is 4. The maximum Gasteiger partial charge on any atom is 0.226 e. The number of aromatic nitrogens is 2. The molecule has 0 unspecified atom stereocenters. The van der Waals surface area contributed by atoms with E-state index in [1.807, 2.05) is 53.1 Å². The van der Waals surface area contributed by atoms with Crippen molar-refractivity contribution in [1.82, 2.24) is 9.55 Å². The molecule has 2 heterocycles. The molecule has 0 bridgehead atoms. The number of nitrogens with zero attached hydrogens (tertiary/aromatic N) is 2. The van der Waals surface area contributed by atoms with E-state index in [0.717, 1.165) is 28.4 Å². The first-order chi connectivity index (χ1) is 12.7. The number of carbonyl (C=O) groups excluding carboxylic acids is 1. The summed E-state index contributed by atoms with van der Waals surface area (Å²) in [5, 5.41) is 2.96. The van der Waals surface area contributed by atoms with Crippen LogP contribution < -0.4 is 14.8 Å². The lowest BCUT2D eigenvalue weighted by Crippen LogP contribution is -2.24. The summed E-state index contributed by atoms with van der Waals surface area (Å²) in [6, 6.07) is 15.4. The molecule has 0 spiro atoms. The Bertz CT molecular complexity index is 964. The van der Waals surface area contributed by atoms with E-state index in [-0.39, 0.29) is 11.8 Å². The number of hydrogen-bond donors (Lipinski definition) is 1. The fourth-order valence-electron chi connectivity index (χ4n) is 3.30. The number of amides is 1. The molecule has 4 rings (SSSR count). The predicted molar refractivity (Wildman–Crippen MR) is 98.2 cm³/mol. The third-order valence-electron chi connectivity index (χ3n) is 4.60. The Hall–Kier alpha value is -3.28. The molecule has 1 aliphatic heterocycles. The molecule has 3 aromatic rings. The molecule has 0 radical (unpaired) electrons. The maximum atomic E-state index is 12.4. The predicted octanol–water partition coefficient (Wildman–Crippen LogP) is 3.36. The molecule has 0 fully saturated rings. The van der Waals surface area contributed by atoms with Gasteiger partial charge in [-0.05, 0) is 29.8 Å². The highest BCUT2D eigenvalue weighted by Crippen LogP contribution is 2.38. The topological polar surface area (TPSA) is 65.4 Å². The molecule has 1 atom stereocenters. The maximum absolute atomic E-state index is 12.4. The van der Waals surface area contributed by atoms with Crippen LogP contribution in [-0.2, 0) is 4.79 Å². The monoisotopic (exact) mass is 349 g/mol. The number of benzene rings is 2. The SMILES string of the molecule is COc1cccc([C@H]2CC(=O)Nc3c2ncn3-c2cccc(OC)c2)c1. The summed E-state index contributed by atoms with van der Waals surface area (Å²) in [4.78, 5) is 17.0. The minimum absolute atomic E-state index is 0.0324. The number of rotatable bonds is 4. The second kappa shape index (κ2) is 6.55. The van der Waals surface area contributed by atoms with Crippen molar-refractivity contribution in [1.29, 1.82) is 0 Å². The standard InChI is InChI=1S/C20H19N3O3/c1-25-15-7-3-5-13(9-15)17-11-18(24)22-20-19(17)21-12-23(20)14-6-4-8-16(10-14)26-2/h3-10,12,17H,11H2,1-2H3,(H,22,24)/t17-/m1/s1. The van der Waals surface area contributed by atoms with Crippen molar-refractivity contribution in [3.05, 3.63) is 66.1 Å². The number of methoxy groups -OCH3 is 2. The van der Waals surface area contributed by atoms with Gasteiger partial charge in [-0.15, -0.1) is 0 Å². The lowest BCUT2D eigenvalue weighted by Gasteiger charge is -2.23. The molecule has 6 nitrogen and oxygen atoms in total. The summed E-state index contributed by atoms with van der Waals surface area (Å²) in [5.74, 6) is 2.07. The van der Waals surface area contributed by atoms with E-state index in [4.69, 9.17) is 9.47 Å². The molecule has 6 heteroatoms. The molecule has 2 aromatic carbocycles. The van der Waals surface area contributed by atoms with E-state index < -0.39 is 0 Å². The van der Waals surface area contributed by atoms with Gasteiger partial charge in [-0.25, -0.2) is 4.98 Å². The smallest absolute Gasteiger partial charge is 0.226 e. The van der Waals surface area contributed by atoms with E-state index >= 15 is 0 Å². The molecule has 0 saturated carbocycles. The average Bonchev–Trinajstić information content (AvgIpc) is 3.11. The van der Waals surface area contributed by atoms with Crippen molar-refractivity contribution >= 4 is 11.7 Å². The highest BCUT2D eigenvalue weighted by molar-refractivity contribution is 5.94. The van der Waals surface area contributed by atoms with Crippen molar-refractivity contribution in [2.75, 3.05) is 19.5 Å². The van der Waals surface area contributed by atoms with Crippen LogP contribution in [0.25, 0.3) is 5.69 Å². The largest absolute Gasteiger partial charge is 0.497 e. The Morgan fingerprint density at radius 3 is 2.58 bits per heavy atom. The highest BCUT2D eigenvalue weighted by atomic mass is 16.5. The second-order valence-corrected chi connectivity index (χ2v) is 6.13. The Morgan fingerprint density at radius 2 is 1.81 bits per heavy atom. The zero-order valence-electron chi connectivity index (χ0n) is 14.6. The highest BCUT2D eigenvalue weighted by Gasteiger charge is 2.31. The van der Waals surface area contributed by atoms with Gasteiger partial charge in [0, 0.05) is 18.4 Å². The molecule has 1 aliphatic rings. The molecule has 26 heavy (non-hydrogen) atoms. The molecular weight excluding hydrogens is 330 g/mol. The number of fused-ring (bicyclic) bond motifs is 1. The van der Waals surface area contributed by atoms with Gasteiger partial charge in [-0.1, -0.05) is 18.2 Å². The fourth-order valence-corrected chi connectivity index (χ4v) is 3.30. The van der Waals surface area contributed by atoms with Gasteiger partial charge in [-0.3, -0.25) is 9.36 Å². The second-order valence-electron chi connectivity index (χ2n) is 6.13. The van der Waals surface area contributed by atoms with E-state index in [0.29, 0.717) is 12.2 Å². The molecule has 1 aromatic heterocycles. The van der Waals surface area contributed by atoms with Gasteiger partial charge >= 0.3 is 0 Å². The number of nitrogens with one attached hydrogen (secondary N) is 1. The number of carbonyl (C=O) groups is 1. The van der Waals surface area contributed by atoms with Crippen LogP contribution in [0.1, 0.15) is 23.6 Å². The third-order valence-corrected chi connectivity index (χ3v) is 4.60.